The molecule has 0 unspecified atom stereocenters. The van der Waals surface area contributed by atoms with Gasteiger partial charge in [0.1, 0.15) is 0 Å². The molecule has 0 saturated heterocycles. The number of aromatic nitrogens is 2. The average molecular weight is 374 g/mol. The first-order valence-corrected chi connectivity index (χ1v) is 9.50. The van der Waals surface area contributed by atoms with Gasteiger partial charge in [-0.2, -0.15) is 0 Å². The van der Waals surface area contributed by atoms with Crippen LogP contribution in [0, 0.1) is 0 Å². The third-order valence-corrected chi connectivity index (χ3v) is 4.43. The number of rotatable bonds is 8. The fraction of sp³-hybridized carbons (Fsp3) is 0.261. The summed E-state index contributed by atoms with van der Waals surface area (Å²) in [4.78, 5) is 23.3. The van der Waals surface area contributed by atoms with Crippen LogP contribution in [0.15, 0.2) is 67.0 Å². The summed E-state index contributed by atoms with van der Waals surface area (Å²) in [6, 6.07) is 17.9. The molecule has 3 aromatic rings. The Morgan fingerprint density at radius 3 is 2.54 bits per heavy atom. The maximum atomic E-state index is 12.3. The first-order valence-electron chi connectivity index (χ1n) is 9.50. The summed E-state index contributed by atoms with van der Waals surface area (Å²) in [5.74, 6) is -0.0957. The number of amides is 1. The lowest BCUT2D eigenvalue weighted by Gasteiger charge is -2.14. The largest absolute Gasteiger partial charge is 0.352 e. The Kier molecular flexibility index (Phi) is 6.87. The highest BCUT2D eigenvalue weighted by molar-refractivity contribution is 5.94. The van der Waals surface area contributed by atoms with Crippen LogP contribution >= 0.6 is 0 Å². The summed E-state index contributed by atoms with van der Waals surface area (Å²) < 4.78 is 0. The number of hydrogen-bond donors (Lipinski definition) is 1. The van der Waals surface area contributed by atoms with E-state index >= 15 is 0 Å². The van der Waals surface area contributed by atoms with Gasteiger partial charge < -0.3 is 10.2 Å². The van der Waals surface area contributed by atoms with Crippen molar-refractivity contribution >= 4 is 5.91 Å². The molecule has 0 atom stereocenters. The zero-order valence-electron chi connectivity index (χ0n) is 16.4. The standard InChI is InChI=1S/C23H26N4O/c1-27(2)17-19-8-3-4-11-21(19)22-13-12-18(16-26-22)23(28)25-15-7-10-20-9-5-6-14-24-20/h3-6,8-9,11-14,16H,7,10,15,17H2,1-2H3,(H,25,28). The number of carbonyl (C=O) groups is 1. The lowest BCUT2D eigenvalue weighted by Crippen LogP contribution is -2.25. The molecule has 5 heteroatoms. The van der Waals surface area contributed by atoms with E-state index in [1.165, 1.54) is 5.56 Å². The Labute approximate surface area is 166 Å². The number of benzene rings is 1. The Morgan fingerprint density at radius 2 is 1.82 bits per heavy atom. The Bertz CT molecular complexity index is 892. The van der Waals surface area contributed by atoms with Crippen molar-refractivity contribution in [2.45, 2.75) is 19.4 Å². The van der Waals surface area contributed by atoms with Crippen LogP contribution in [0.2, 0.25) is 0 Å². The Balaban J connectivity index is 1.57. The number of nitrogens with one attached hydrogen (secondary N) is 1. The second-order valence-corrected chi connectivity index (χ2v) is 7.01. The van der Waals surface area contributed by atoms with Gasteiger partial charge in [-0.3, -0.25) is 14.8 Å². The monoisotopic (exact) mass is 374 g/mol. The zero-order chi connectivity index (χ0) is 19.8. The van der Waals surface area contributed by atoms with E-state index in [1.807, 2.05) is 56.6 Å². The fourth-order valence-electron chi connectivity index (χ4n) is 3.06. The predicted octanol–water partition coefficient (Wildman–Crippen LogP) is 3.57. The van der Waals surface area contributed by atoms with Crippen molar-refractivity contribution in [2.24, 2.45) is 0 Å². The summed E-state index contributed by atoms with van der Waals surface area (Å²) in [7, 11) is 4.09. The molecule has 2 heterocycles. The third-order valence-electron chi connectivity index (χ3n) is 4.43. The quantitative estimate of drug-likeness (QED) is 0.613. The van der Waals surface area contributed by atoms with E-state index in [0.717, 1.165) is 36.3 Å². The van der Waals surface area contributed by atoms with Gasteiger partial charge in [0.15, 0.2) is 0 Å². The summed E-state index contributed by atoms with van der Waals surface area (Å²) in [6.07, 6.45) is 5.14. The molecule has 5 nitrogen and oxygen atoms in total. The van der Waals surface area contributed by atoms with Gasteiger partial charge in [0, 0.05) is 36.7 Å². The maximum absolute atomic E-state index is 12.3. The molecule has 144 valence electrons. The number of hydrogen-bond acceptors (Lipinski definition) is 4. The Morgan fingerprint density at radius 1 is 1.00 bits per heavy atom. The van der Waals surface area contributed by atoms with Crippen LogP contribution < -0.4 is 5.32 Å². The van der Waals surface area contributed by atoms with Gasteiger partial charge in [-0.1, -0.05) is 30.3 Å². The van der Waals surface area contributed by atoms with Gasteiger partial charge in [0.2, 0.25) is 0 Å². The lowest BCUT2D eigenvalue weighted by molar-refractivity contribution is 0.0953. The summed E-state index contributed by atoms with van der Waals surface area (Å²) in [6.45, 7) is 1.46. The minimum atomic E-state index is -0.0957. The number of aryl methyl sites for hydroxylation is 1. The van der Waals surface area contributed by atoms with Crippen molar-refractivity contribution in [3.63, 3.8) is 0 Å². The maximum Gasteiger partial charge on any atom is 0.252 e. The molecule has 2 aromatic heterocycles. The predicted molar refractivity (Wildman–Crippen MR) is 112 cm³/mol. The Hall–Kier alpha value is -3.05. The minimum absolute atomic E-state index is 0.0957. The first-order chi connectivity index (χ1) is 13.6. The summed E-state index contributed by atoms with van der Waals surface area (Å²) >= 11 is 0. The molecule has 0 spiro atoms. The highest BCUT2D eigenvalue weighted by Crippen LogP contribution is 2.22. The normalized spacial score (nSPS) is 10.8. The van der Waals surface area contributed by atoms with Crippen molar-refractivity contribution in [3.8, 4) is 11.3 Å². The van der Waals surface area contributed by atoms with Crippen LogP contribution in [0.5, 0.6) is 0 Å². The lowest BCUT2D eigenvalue weighted by atomic mass is 10.0. The molecular weight excluding hydrogens is 348 g/mol. The molecule has 28 heavy (non-hydrogen) atoms. The van der Waals surface area contributed by atoms with Crippen molar-refractivity contribution in [1.29, 1.82) is 0 Å². The van der Waals surface area contributed by atoms with Crippen LogP contribution in [0.3, 0.4) is 0 Å². The van der Waals surface area contributed by atoms with Gasteiger partial charge in [-0.15, -0.1) is 0 Å². The molecule has 1 N–H and O–H groups in total. The van der Waals surface area contributed by atoms with Crippen LogP contribution in [0.1, 0.15) is 28.0 Å². The highest BCUT2D eigenvalue weighted by Gasteiger charge is 2.09. The van der Waals surface area contributed by atoms with Gasteiger partial charge >= 0.3 is 0 Å². The fourth-order valence-corrected chi connectivity index (χ4v) is 3.06. The van der Waals surface area contributed by atoms with E-state index < -0.39 is 0 Å². The highest BCUT2D eigenvalue weighted by atomic mass is 16.1. The van der Waals surface area contributed by atoms with E-state index in [4.69, 9.17) is 0 Å². The molecule has 0 aliphatic carbocycles. The molecule has 3 rings (SSSR count). The topological polar surface area (TPSA) is 58.1 Å². The van der Waals surface area contributed by atoms with Crippen molar-refractivity contribution in [2.75, 3.05) is 20.6 Å². The molecule has 1 amide bonds. The molecular formula is C23H26N4O. The molecule has 0 aliphatic heterocycles. The SMILES string of the molecule is CN(C)Cc1ccccc1-c1ccc(C(=O)NCCCc2ccccn2)cn1. The average Bonchev–Trinajstić information content (AvgIpc) is 2.72. The first kappa shape index (κ1) is 19.7. The van der Waals surface area contributed by atoms with E-state index in [-0.39, 0.29) is 5.91 Å². The van der Waals surface area contributed by atoms with E-state index in [2.05, 4.69) is 32.3 Å². The summed E-state index contributed by atoms with van der Waals surface area (Å²) in [5, 5.41) is 2.95. The number of pyridine rings is 2. The van der Waals surface area contributed by atoms with Crippen LogP contribution in [0.25, 0.3) is 11.3 Å². The van der Waals surface area contributed by atoms with Crippen molar-refractivity contribution in [3.05, 3.63) is 83.8 Å². The van der Waals surface area contributed by atoms with E-state index in [9.17, 15) is 4.79 Å². The van der Waals surface area contributed by atoms with Crippen LogP contribution in [-0.4, -0.2) is 41.4 Å². The molecule has 0 saturated carbocycles. The summed E-state index contributed by atoms with van der Waals surface area (Å²) in [5.41, 5.74) is 4.81. The second kappa shape index (κ2) is 9.76. The molecule has 0 bridgehead atoms. The smallest absolute Gasteiger partial charge is 0.252 e. The second-order valence-electron chi connectivity index (χ2n) is 7.01. The van der Waals surface area contributed by atoms with Crippen LogP contribution in [0.4, 0.5) is 0 Å². The minimum Gasteiger partial charge on any atom is -0.352 e. The van der Waals surface area contributed by atoms with Gasteiger partial charge in [0.25, 0.3) is 5.91 Å². The van der Waals surface area contributed by atoms with Crippen molar-refractivity contribution in [1.82, 2.24) is 20.2 Å². The number of nitrogens with zero attached hydrogens (tertiary/aromatic N) is 3. The van der Waals surface area contributed by atoms with Gasteiger partial charge in [-0.05, 0) is 56.8 Å². The van der Waals surface area contributed by atoms with Gasteiger partial charge in [-0.25, -0.2) is 0 Å². The van der Waals surface area contributed by atoms with E-state index in [0.29, 0.717) is 12.1 Å². The van der Waals surface area contributed by atoms with Crippen molar-refractivity contribution < 1.29 is 4.79 Å². The molecule has 0 fully saturated rings. The molecule has 1 aromatic carbocycles. The number of carbonyl (C=O) groups excluding carboxylic acids is 1. The van der Waals surface area contributed by atoms with E-state index in [1.54, 1.807) is 12.4 Å². The molecule has 0 aliphatic rings. The van der Waals surface area contributed by atoms with Gasteiger partial charge in [0.05, 0.1) is 11.3 Å². The van der Waals surface area contributed by atoms with Crippen LogP contribution in [-0.2, 0) is 13.0 Å². The zero-order valence-corrected chi connectivity index (χ0v) is 16.4. The third kappa shape index (κ3) is 5.47. The molecule has 0 radical (unpaired) electrons.